The van der Waals surface area contributed by atoms with Crippen molar-refractivity contribution < 1.29 is 17.6 Å². The molecule has 0 unspecified atom stereocenters. The van der Waals surface area contributed by atoms with Crippen molar-refractivity contribution in [2.45, 2.75) is 11.8 Å². The molecule has 0 saturated carbocycles. The van der Waals surface area contributed by atoms with E-state index in [4.69, 9.17) is 0 Å². The number of para-hydroxylation sites is 1. The van der Waals surface area contributed by atoms with Gasteiger partial charge in [0.1, 0.15) is 5.82 Å². The first-order chi connectivity index (χ1) is 11.4. The van der Waals surface area contributed by atoms with Crippen molar-refractivity contribution in [2.75, 3.05) is 0 Å². The number of rotatable bonds is 4. The van der Waals surface area contributed by atoms with Gasteiger partial charge < -0.3 is 4.98 Å². The van der Waals surface area contributed by atoms with Crippen LogP contribution in [0, 0.1) is 12.7 Å². The van der Waals surface area contributed by atoms with Crippen molar-refractivity contribution in [1.29, 1.82) is 0 Å². The first-order valence-electron chi connectivity index (χ1n) is 7.03. The number of aryl methyl sites for hydroxylation is 1. The summed E-state index contributed by atoms with van der Waals surface area (Å²) in [6.07, 6.45) is 1.50. The normalized spacial score (nSPS) is 11.6. The zero-order valence-electron chi connectivity index (χ0n) is 12.6. The van der Waals surface area contributed by atoms with Gasteiger partial charge in [-0.15, -0.1) is 4.83 Å². The Morgan fingerprint density at radius 2 is 1.92 bits per heavy atom. The number of hydrogen-bond donors (Lipinski definition) is 3. The summed E-state index contributed by atoms with van der Waals surface area (Å²) in [7, 11) is -4.01. The summed E-state index contributed by atoms with van der Waals surface area (Å²) in [6.45, 7) is 1.47. The third-order valence-corrected chi connectivity index (χ3v) is 4.97. The van der Waals surface area contributed by atoms with Crippen LogP contribution in [-0.4, -0.2) is 19.3 Å². The number of sulfonamides is 1. The average molecular weight is 347 g/mol. The van der Waals surface area contributed by atoms with E-state index in [0.29, 0.717) is 10.9 Å². The smallest absolute Gasteiger partial charge is 0.268 e. The van der Waals surface area contributed by atoms with Crippen LogP contribution in [0.1, 0.15) is 15.9 Å². The number of hydrazine groups is 1. The van der Waals surface area contributed by atoms with E-state index in [1.807, 2.05) is 10.9 Å². The Balaban J connectivity index is 1.80. The van der Waals surface area contributed by atoms with Crippen LogP contribution < -0.4 is 10.3 Å². The minimum absolute atomic E-state index is 0.108. The largest absolute Gasteiger partial charge is 0.360 e. The van der Waals surface area contributed by atoms with Crippen molar-refractivity contribution in [3.63, 3.8) is 0 Å². The van der Waals surface area contributed by atoms with E-state index in [2.05, 4.69) is 10.4 Å². The number of benzene rings is 2. The van der Waals surface area contributed by atoms with E-state index in [1.165, 1.54) is 13.1 Å². The molecule has 8 heteroatoms. The number of aromatic nitrogens is 1. The Morgan fingerprint density at radius 1 is 1.17 bits per heavy atom. The molecule has 0 aliphatic carbocycles. The van der Waals surface area contributed by atoms with Crippen LogP contribution >= 0.6 is 0 Å². The highest BCUT2D eigenvalue weighted by Gasteiger charge is 2.19. The van der Waals surface area contributed by atoms with Gasteiger partial charge in [-0.05, 0) is 36.8 Å². The van der Waals surface area contributed by atoms with Gasteiger partial charge in [-0.25, -0.2) is 12.8 Å². The Labute approximate surface area is 137 Å². The molecule has 24 heavy (non-hydrogen) atoms. The summed E-state index contributed by atoms with van der Waals surface area (Å²) >= 11 is 0. The monoisotopic (exact) mass is 347 g/mol. The number of H-pyrrole nitrogens is 1. The summed E-state index contributed by atoms with van der Waals surface area (Å²) in [5.41, 5.74) is 3.48. The van der Waals surface area contributed by atoms with Gasteiger partial charge in [-0.3, -0.25) is 10.2 Å². The van der Waals surface area contributed by atoms with Crippen molar-refractivity contribution in [1.82, 2.24) is 15.2 Å². The summed E-state index contributed by atoms with van der Waals surface area (Å²) < 4.78 is 37.6. The second-order valence-corrected chi connectivity index (χ2v) is 6.87. The second-order valence-electron chi connectivity index (χ2n) is 5.22. The molecule has 0 atom stereocenters. The van der Waals surface area contributed by atoms with E-state index < -0.39 is 21.7 Å². The second kappa shape index (κ2) is 6.06. The molecule has 0 spiro atoms. The molecule has 0 aliphatic rings. The fourth-order valence-corrected chi connectivity index (χ4v) is 3.48. The maximum Gasteiger partial charge on any atom is 0.268 e. The number of aromatic amines is 1. The lowest BCUT2D eigenvalue weighted by atomic mass is 10.2. The lowest BCUT2D eigenvalue weighted by Crippen LogP contribution is -2.41. The highest BCUT2D eigenvalue weighted by molar-refractivity contribution is 7.89. The van der Waals surface area contributed by atoms with Crippen LogP contribution in [0.4, 0.5) is 4.39 Å². The summed E-state index contributed by atoms with van der Waals surface area (Å²) in [5, 5.41) is 0.673. The third-order valence-electron chi connectivity index (χ3n) is 3.56. The predicted molar refractivity (Wildman–Crippen MR) is 87.2 cm³/mol. The van der Waals surface area contributed by atoms with Gasteiger partial charge in [0.25, 0.3) is 15.9 Å². The highest BCUT2D eigenvalue weighted by atomic mass is 32.2. The lowest BCUT2D eigenvalue weighted by molar-refractivity contribution is 0.0947. The van der Waals surface area contributed by atoms with Crippen molar-refractivity contribution >= 4 is 26.8 Å². The summed E-state index contributed by atoms with van der Waals surface area (Å²) in [5.74, 6) is -1.13. The van der Waals surface area contributed by atoms with Crippen LogP contribution in [0.25, 0.3) is 10.9 Å². The van der Waals surface area contributed by atoms with Crippen LogP contribution in [0.15, 0.2) is 53.6 Å². The molecule has 0 bridgehead atoms. The molecule has 0 fully saturated rings. The molecule has 1 heterocycles. The zero-order valence-corrected chi connectivity index (χ0v) is 13.4. The van der Waals surface area contributed by atoms with Crippen molar-refractivity contribution in [2.24, 2.45) is 0 Å². The molecule has 1 amide bonds. The zero-order chi connectivity index (χ0) is 17.3. The molecular formula is C16H14FN3O3S. The number of carbonyl (C=O) groups is 1. The first kappa shape index (κ1) is 16.2. The Bertz CT molecular complexity index is 1030. The van der Waals surface area contributed by atoms with Gasteiger partial charge >= 0.3 is 0 Å². The molecule has 3 rings (SSSR count). The van der Waals surface area contributed by atoms with E-state index in [0.717, 1.165) is 23.7 Å². The van der Waals surface area contributed by atoms with Gasteiger partial charge in [-0.2, -0.15) is 0 Å². The van der Waals surface area contributed by atoms with Crippen LogP contribution in [-0.2, 0) is 10.0 Å². The molecular weight excluding hydrogens is 333 g/mol. The number of nitrogens with one attached hydrogen (secondary N) is 3. The van der Waals surface area contributed by atoms with Crippen molar-refractivity contribution in [3.05, 3.63) is 65.6 Å². The Morgan fingerprint density at radius 3 is 2.67 bits per heavy atom. The van der Waals surface area contributed by atoms with Crippen LogP contribution in [0.5, 0.6) is 0 Å². The molecule has 0 saturated heterocycles. The molecule has 2 aromatic carbocycles. The molecule has 124 valence electrons. The average Bonchev–Trinajstić information content (AvgIpc) is 2.96. The van der Waals surface area contributed by atoms with Gasteiger partial charge in [-0.1, -0.05) is 18.2 Å². The number of hydrogen-bond acceptors (Lipinski definition) is 3. The predicted octanol–water partition coefficient (Wildman–Crippen LogP) is 2.24. The van der Waals surface area contributed by atoms with Crippen LogP contribution in [0.3, 0.4) is 0 Å². The van der Waals surface area contributed by atoms with Gasteiger partial charge in [0.2, 0.25) is 0 Å². The fourth-order valence-electron chi connectivity index (χ4n) is 2.41. The number of fused-ring (bicyclic) bond motifs is 1. The molecule has 0 radical (unpaired) electrons. The maximum absolute atomic E-state index is 13.1. The van der Waals surface area contributed by atoms with Gasteiger partial charge in [0, 0.05) is 17.1 Å². The van der Waals surface area contributed by atoms with E-state index in [-0.39, 0.29) is 10.5 Å². The standard InChI is InChI=1S/C16H14FN3O3S/c1-10-8-11(17)6-7-15(10)24(22,23)20-19-16(21)13-9-18-14-5-3-2-4-12(13)14/h2-9,18,20H,1H3,(H,19,21). The number of amides is 1. The van der Waals surface area contributed by atoms with Gasteiger partial charge in [0.15, 0.2) is 0 Å². The quantitative estimate of drug-likeness (QED) is 0.632. The minimum atomic E-state index is -4.01. The molecule has 1 aromatic heterocycles. The van der Waals surface area contributed by atoms with E-state index in [9.17, 15) is 17.6 Å². The summed E-state index contributed by atoms with van der Waals surface area (Å²) in [6, 6.07) is 10.4. The van der Waals surface area contributed by atoms with Crippen LogP contribution in [0.2, 0.25) is 0 Å². The highest BCUT2D eigenvalue weighted by Crippen LogP contribution is 2.18. The lowest BCUT2D eigenvalue weighted by Gasteiger charge is -2.10. The molecule has 6 nitrogen and oxygen atoms in total. The third kappa shape index (κ3) is 3.01. The number of carbonyl (C=O) groups excluding carboxylic acids is 1. The Hall–Kier alpha value is -2.71. The Kier molecular flexibility index (Phi) is 4.08. The van der Waals surface area contributed by atoms with Gasteiger partial charge in [0.05, 0.1) is 10.5 Å². The molecule has 0 aliphatic heterocycles. The number of halogens is 1. The minimum Gasteiger partial charge on any atom is -0.360 e. The SMILES string of the molecule is Cc1cc(F)ccc1S(=O)(=O)NNC(=O)c1c[nH]c2ccccc12. The van der Waals surface area contributed by atoms with Crippen molar-refractivity contribution in [3.8, 4) is 0 Å². The van der Waals surface area contributed by atoms with E-state index in [1.54, 1.807) is 18.2 Å². The van der Waals surface area contributed by atoms with E-state index >= 15 is 0 Å². The fraction of sp³-hybridized carbons (Fsp3) is 0.0625. The first-order valence-corrected chi connectivity index (χ1v) is 8.51. The molecule has 3 aromatic rings. The molecule has 3 N–H and O–H groups in total. The summed E-state index contributed by atoms with van der Waals surface area (Å²) in [4.78, 5) is 17.1. The maximum atomic E-state index is 13.1. The topological polar surface area (TPSA) is 91.1 Å².